The predicted molar refractivity (Wildman–Crippen MR) is 134 cm³/mol. The summed E-state index contributed by atoms with van der Waals surface area (Å²) in [5, 5.41) is 11.1. The molecule has 2 bridgehead atoms. The van der Waals surface area contributed by atoms with Crippen molar-refractivity contribution in [3.05, 3.63) is 75.4 Å². The molecule has 36 heavy (non-hydrogen) atoms. The molecule has 0 unspecified atom stereocenters. The first kappa shape index (κ1) is 20.8. The zero-order valence-electron chi connectivity index (χ0n) is 19.7. The van der Waals surface area contributed by atoms with Gasteiger partial charge in [0.1, 0.15) is 0 Å². The first-order valence-corrected chi connectivity index (χ1v) is 12.8. The van der Waals surface area contributed by atoms with Gasteiger partial charge in [0, 0.05) is 48.0 Å². The summed E-state index contributed by atoms with van der Waals surface area (Å²) < 4.78 is 6.32. The van der Waals surface area contributed by atoms with Gasteiger partial charge in [-0.1, -0.05) is 23.8 Å². The quantitative estimate of drug-likeness (QED) is 0.288. The minimum absolute atomic E-state index is 0.0110. The minimum Gasteiger partial charge on any atom is -0.373 e. The van der Waals surface area contributed by atoms with Crippen LogP contribution < -0.4 is 4.90 Å². The third-order valence-electron chi connectivity index (χ3n) is 9.74. The molecule has 8 nitrogen and oxygen atoms in total. The molecule has 1 spiro atoms. The molecule has 1 saturated carbocycles. The second-order valence-corrected chi connectivity index (χ2v) is 11.1. The Kier molecular flexibility index (Phi) is 4.11. The van der Waals surface area contributed by atoms with Crippen LogP contribution in [-0.2, 0) is 14.9 Å². The van der Waals surface area contributed by atoms with Crippen LogP contribution in [-0.4, -0.2) is 59.8 Å². The summed E-state index contributed by atoms with van der Waals surface area (Å²) in [7, 11) is 0. The fraction of sp³-hybridized carbons (Fsp3) is 0.429. The second-order valence-electron chi connectivity index (χ2n) is 11.1. The molecular weight excluding hydrogens is 456 g/mol. The van der Waals surface area contributed by atoms with Crippen molar-refractivity contribution >= 4 is 29.2 Å². The van der Waals surface area contributed by atoms with Gasteiger partial charge in [0.05, 0.1) is 35.8 Å². The maximum atomic E-state index is 13.6. The van der Waals surface area contributed by atoms with Crippen molar-refractivity contribution in [2.75, 3.05) is 24.6 Å². The van der Waals surface area contributed by atoms with Gasteiger partial charge in [0.15, 0.2) is 0 Å². The van der Waals surface area contributed by atoms with Gasteiger partial charge in [-0.05, 0) is 54.6 Å². The van der Waals surface area contributed by atoms with E-state index < -0.39 is 4.92 Å². The third kappa shape index (κ3) is 2.56. The number of rotatable bonds is 3. The van der Waals surface area contributed by atoms with Gasteiger partial charge in [-0.2, -0.15) is 0 Å². The van der Waals surface area contributed by atoms with Gasteiger partial charge in [0.2, 0.25) is 5.91 Å². The van der Waals surface area contributed by atoms with Crippen LogP contribution >= 0.6 is 0 Å². The topological polar surface area (TPSA) is 88.3 Å². The van der Waals surface area contributed by atoms with Crippen molar-refractivity contribution in [3.63, 3.8) is 0 Å². The number of nitrogens with zero attached hydrogens (tertiary/aromatic N) is 4. The molecule has 5 aliphatic heterocycles. The predicted octanol–water partition coefficient (Wildman–Crippen LogP) is 3.75. The third-order valence-corrected chi connectivity index (χ3v) is 9.74. The molecule has 2 aromatic rings. The highest BCUT2D eigenvalue weighted by molar-refractivity contribution is 5.99. The van der Waals surface area contributed by atoms with Crippen LogP contribution in [0.4, 0.5) is 17.1 Å². The van der Waals surface area contributed by atoms with Crippen LogP contribution in [0.15, 0.2) is 59.1 Å². The second kappa shape index (κ2) is 7.11. The summed E-state index contributed by atoms with van der Waals surface area (Å²) in [5.74, 6) is 0.998. The SMILES string of the molecule is O=C1C[C@H]2OCC=C3CN4CC[C@@]56c7cc(N=Cc8cccc([N+](=O)[O-])c8)ccc7N1[C@H]5[C@H]2[C@H]3C[C@H]46. The van der Waals surface area contributed by atoms with E-state index >= 15 is 0 Å². The van der Waals surface area contributed by atoms with E-state index in [9.17, 15) is 14.9 Å². The van der Waals surface area contributed by atoms with E-state index in [-0.39, 0.29) is 29.2 Å². The highest BCUT2D eigenvalue weighted by Crippen LogP contribution is 2.66. The standard InChI is InChI=1S/C28H26N4O4/c33-25-13-23-26-20-12-24-28(7-8-30(24)15-17(20)6-9-36-23)21-11-18(4-5-22(21)31(25)27(26)28)29-14-16-2-1-3-19(10-16)32(34)35/h1-6,10-11,14,20,23-24,26-27H,7-9,12-13,15H2/t20-,23+,24-,26-,27-,28-/m0/s1. The van der Waals surface area contributed by atoms with Crippen molar-refractivity contribution in [1.29, 1.82) is 0 Å². The molecule has 0 aromatic heterocycles. The lowest BCUT2D eigenvalue weighted by Crippen LogP contribution is -2.69. The maximum Gasteiger partial charge on any atom is 0.270 e. The number of carbonyl (C=O) groups excluding carboxylic acids is 1. The smallest absolute Gasteiger partial charge is 0.270 e. The lowest BCUT2D eigenvalue weighted by atomic mass is 9.53. The fourth-order valence-corrected chi connectivity index (χ4v) is 8.49. The lowest BCUT2D eigenvalue weighted by molar-refractivity contribution is -0.384. The van der Waals surface area contributed by atoms with Crippen molar-refractivity contribution in [3.8, 4) is 0 Å². The Morgan fingerprint density at radius 1 is 1.22 bits per heavy atom. The first-order chi connectivity index (χ1) is 17.5. The van der Waals surface area contributed by atoms with E-state index in [1.165, 1.54) is 23.3 Å². The van der Waals surface area contributed by atoms with Crippen LogP contribution in [0.1, 0.15) is 30.4 Å². The highest BCUT2D eigenvalue weighted by Gasteiger charge is 2.71. The average Bonchev–Trinajstić information content (AvgIpc) is 3.35. The van der Waals surface area contributed by atoms with Crippen LogP contribution in [0.2, 0.25) is 0 Å². The number of amides is 1. The minimum atomic E-state index is -0.392. The highest BCUT2D eigenvalue weighted by atomic mass is 16.6. The number of benzene rings is 2. The maximum absolute atomic E-state index is 13.6. The van der Waals surface area contributed by atoms with E-state index in [2.05, 4.69) is 28.0 Å². The van der Waals surface area contributed by atoms with E-state index in [0.29, 0.717) is 36.5 Å². The summed E-state index contributed by atoms with van der Waals surface area (Å²) in [6, 6.07) is 13.3. The van der Waals surface area contributed by atoms with Crippen LogP contribution in [0.25, 0.3) is 0 Å². The van der Waals surface area contributed by atoms with E-state index in [1.807, 2.05) is 12.1 Å². The van der Waals surface area contributed by atoms with Gasteiger partial charge in [-0.3, -0.25) is 24.8 Å². The summed E-state index contributed by atoms with van der Waals surface area (Å²) in [5.41, 5.74) is 5.26. The number of anilines is 1. The molecule has 8 heteroatoms. The van der Waals surface area contributed by atoms with E-state index in [1.54, 1.807) is 12.3 Å². The zero-order valence-corrected chi connectivity index (χ0v) is 19.7. The summed E-state index contributed by atoms with van der Waals surface area (Å²) in [4.78, 5) is 33.8. The molecule has 1 amide bonds. The Labute approximate surface area is 208 Å². The summed E-state index contributed by atoms with van der Waals surface area (Å²) >= 11 is 0. The number of carbonyl (C=O) groups is 1. The number of nitro benzene ring substituents is 1. The monoisotopic (exact) mass is 482 g/mol. The van der Waals surface area contributed by atoms with Crippen molar-refractivity contribution in [1.82, 2.24) is 4.90 Å². The van der Waals surface area contributed by atoms with Gasteiger partial charge >= 0.3 is 0 Å². The molecule has 6 atom stereocenters. The van der Waals surface area contributed by atoms with Gasteiger partial charge in [-0.25, -0.2) is 0 Å². The molecule has 6 aliphatic rings. The molecule has 0 N–H and O–H groups in total. The summed E-state index contributed by atoms with van der Waals surface area (Å²) in [6.07, 6.45) is 6.60. The molecule has 5 heterocycles. The van der Waals surface area contributed by atoms with Crippen LogP contribution in [0.3, 0.4) is 0 Å². The Hall–Kier alpha value is -3.36. The van der Waals surface area contributed by atoms with Crippen LogP contribution in [0, 0.1) is 22.0 Å². The first-order valence-electron chi connectivity index (χ1n) is 12.8. The molecule has 182 valence electrons. The van der Waals surface area contributed by atoms with Crippen molar-refractivity contribution < 1.29 is 14.5 Å². The molecular formula is C28H26N4O4. The summed E-state index contributed by atoms with van der Waals surface area (Å²) in [6.45, 7) is 2.68. The number of non-ortho nitro benzene ring substituents is 1. The van der Waals surface area contributed by atoms with Gasteiger partial charge < -0.3 is 9.64 Å². The molecule has 8 rings (SSSR count). The Balaban J connectivity index is 1.25. The number of piperidine rings is 2. The molecule has 0 radical (unpaired) electrons. The lowest BCUT2D eigenvalue weighted by Gasteiger charge is -2.58. The number of hydrogen-bond donors (Lipinski definition) is 0. The average molecular weight is 483 g/mol. The van der Waals surface area contributed by atoms with Crippen molar-refractivity contribution in [2.24, 2.45) is 16.8 Å². The largest absolute Gasteiger partial charge is 0.373 e. The normalized spacial score (nSPS) is 35.6. The van der Waals surface area contributed by atoms with Crippen molar-refractivity contribution in [2.45, 2.75) is 42.9 Å². The van der Waals surface area contributed by atoms with E-state index in [4.69, 9.17) is 9.73 Å². The Morgan fingerprint density at radius 2 is 2.14 bits per heavy atom. The number of hydrogen-bond acceptors (Lipinski definition) is 6. The number of aliphatic imine (C=N–C) groups is 1. The Bertz CT molecular complexity index is 1400. The number of nitro groups is 1. The van der Waals surface area contributed by atoms with Gasteiger partial charge in [-0.15, -0.1) is 0 Å². The molecule has 4 fully saturated rings. The Morgan fingerprint density at radius 3 is 3.03 bits per heavy atom. The molecule has 3 saturated heterocycles. The number of fused-ring (bicyclic) bond motifs is 2. The zero-order chi connectivity index (χ0) is 24.2. The van der Waals surface area contributed by atoms with Gasteiger partial charge in [0.25, 0.3) is 5.69 Å². The molecule has 1 aliphatic carbocycles. The van der Waals surface area contributed by atoms with Crippen LogP contribution in [0.5, 0.6) is 0 Å². The molecule has 2 aromatic carbocycles. The number of ether oxygens (including phenoxy) is 1. The van der Waals surface area contributed by atoms with E-state index in [0.717, 1.165) is 37.3 Å². The fourth-order valence-electron chi connectivity index (χ4n) is 8.49.